The Kier molecular flexibility index (Phi) is 3.95. The Morgan fingerprint density at radius 3 is 2.69 bits per heavy atom. The van der Waals surface area contributed by atoms with Gasteiger partial charge in [0.25, 0.3) is 5.91 Å². The van der Waals surface area contributed by atoms with E-state index in [4.69, 9.17) is 0 Å². The molecule has 1 aromatic rings. The Hall–Kier alpha value is -1.39. The molecule has 0 saturated carbocycles. The summed E-state index contributed by atoms with van der Waals surface area (Å²) >= 11 is 0. The highest BCUT2D eigenvalue weighted by Crippen LogP contribution is 1.97. The van der Waals surface area contributed by atoms with Crippen molar-refractivity contribution >= 4 is 5.91 Å². The summed E-state index contributed by atoms with van der Waals surface area (Å²) in [6.45, 7) is 0.0403. The molecular weight excluding hydrogens is 170 g/mol. The molecular formula is C9H11NO3. The van der Waals surface area contributed by atoms with Gasteiger partial charge in [0.05, 0.1) is 0 Å². The molecule has 0 aliphatic rings. The van der Waals surface area contributed by atoms with Gasteiger partial charge in [-0.2, -0.15) is 0 Å². The molecule has 0 unspecified atom stereocenters. The monoisotopic (exact) mass is 181 g/mol. The number of amides is 1. The molecule has 1 amide bonds. The van der Waals surface area contributed by atoms with Gasteiger partial charge in [-0.15, -0.1) is 0 Å². The molecule has 4 heteroatoms. The van der Waals surface area contributed by atoms with Gasteiger partial charge in [-0.3, -0.25) is 4.79 Å². The van der Waals surface area contributed by atoms with Crippen LogP contribution < -0.4 is 5.48 Å². The second-order valence-electron chi connectivity index (χ2n) is 2.35. The molecule has 0 bridgehead atoms. The van der Waals surface area contributed by atoms with E-state index in [-0.39, 0.29) is 12.7 Å². The first kappa shape index (κ1) is 9.70. The summed E-state index contributed by atoms with van der Waals surface area (Å²) in [4.78, 5) is 15.9. The first-order valence-corrected chi connectivity index (χ1v) is 3.80. The van der Waals surface area contributed by atoms with Crippen molar-refractivity contribution in [1.29, 1.82) is 0 Å². The van der Waals surface area contributed by atoms with E-state index in [1.54, 1.807) is 24.3 Å². The Morgan fingerprint density at radius 2 is 2.08 bits per heavy atom. The SMILES string of the molecule is COCONC(=O)c1ccccc1. The van der Waals surface area contributed by atoms with Crippen molar-refractivity contribution in [2.45, 2.75) is 0 Å². The molecule has 0 aliphatic carbocycles. The average Bonchev–Trinajstić information content (AvgIpc) is 2.19. The van der Waals surface area contributed by atoms with Crippen molar-refractivity contribution in [3.63, 3.8) is 0 Å². The van der Waals surface area contributed by atoms with E-state index in [1.165, 1.54) is 7.11 Å². The highest BCUT2D eigenvalue weighted by Gasteiger charge is 2.02. The Morgan fingerprint density at radius 1 is 1.38 bits per heavy atom. The lowest BCUT2D eigenvalue weighted by Gasteiger charge is -2.03. The second kappa shape index (κ2) is 5.29. The van der Waals surface area contributed by atoms with Crippen LogP contribution in [0.15, 0.2) is 30.3 Å². The van der Waals surface area contributed by atoms with Crippen molar-refractivity contribution in [1.82, 2.24) is 5.48 Å². The molecule has 0 spiro atoms. The zero-order valence-electron chi connectivity index (χ0n) is 7.32. The van der Waals surface area contributed by atoms with Crippen LogP contribution in [-0.2, 0) is 9.57 Å². The minimum Gasteiger partial charge on any atom is -0.356 e. The van der Waals surface area contributed by atoms with E-state index in [2.05, 4.69) is 15.1 Å². The zero-order chi connectivity index (χ0) is 9.52. The third kappa shape index (κ3) is 3.23. The number of hydrogen-bond donors (Lipinski definition) is 1. The standard InChI is InChI=1S/C9H11NO3/c1-12-7-13-10-9(11)8-5-3-2-4-6-8/h2-6H,7H2,1H3,(H,10,11). The number of hydroxylamine groups is 1. The first-order valence-electron chi connectivity index (χ1n) is 3.80. The first-order chi connectivity index (χ1) is 6.34. The van der Waals surface area contributed by atoms with Crippen LogP contribution in [0.25, 0.3) is 0 Å². The van der Waals surface area contributed by atoms with Gasteiger partial charge < -0.3 is 4.74 Å². The van der Waals surface area contributed by atoms with Crippen LogP contribution in [-0.4, -0.2) is 19.8 Å². The largest absolute Gasteiger partial charge is 0.356 e. The molecule has 0 atom stereocenters. The normalized spacial score (nSPS) is 9.62. The van der Waals surface area contributed by atoms with Crippen LogP contribution in [0.4, 0.5) is 0 Å². The number of ether oxygens (including phenoxy) is 1. The number of rotatable bonds is 4. The van der Waals surface area contributed by atoms with Gasteiger partial charge >= 0.3 is 0 Å². The average molecular weight is 181 g/mol. The number of benzene rings is 1. The van der Waals surface area contributed by atoms with Gasteiger partial charge in [0.1, 0.15) is 0 Å². The fourth-order valence-electron chi connectivity index (χ4n) is 0.802. The number of carbonyl (C=O) groups excluding carboxylic acids is 1. The fourth-order valence-corrected chi connectivity index (χ4v) is 0.802. The maximum Gasteiger partial charge on any atom is 0.274 e. The molecule has 0 heterocycles. The van der Waals surface area contributed by atoms with E-state index >= 15 is 0 Å². The van der Waals surface area contributed by atoms with Gasteiger partial charge in [0.15, 0.2) is 6.79 Å². The van der Waals surface area contributed by atoms with Crippen LogP contribution in [0.3, 0.4) is 0 Å². The molecule has 1 N–H and O–H groups in total. The highest BCUT2D eigenvalue weighted by molar-refractivity contribution is 5.93. The molecule has 0 fully saturated rings. The molecule has 70 valence electrons. The van der Waals surface area contributed by atoms with Crippen molar-refractivity contribution < 1.29 is 14.4 Å². The minimum atomic E-state index is -0.280. The van der Waals surface area contributed by atoms with E-state index in [0.29, 0.717) is 5.56 Å². The summed E-state index contributed by atoms with van der Waals surface area (Å²) in [6, 6.07) is 8.81. The molecule has 13 heavy (non-hydrogen) atoms. The molecule has 0 radical (unpaired) electrons. The molecule has 0 saturated heterocycles. The quantitative estimate of drug-likeness (QED) is 0.427. The maximum absolute atomic E-state index is 11.2. The minimum absolute atomic E-state index is 0.0403. The van der Waals surface area contributed by atoms with Gasteiger partial charge in [-0.1, -0.05) is 18.2 Å². The van der Waals surface area contributed by atoms with Gasteiger partial charge in [-0.05, 0) is 12.1 Å². The Bertz CT molecular complexity index is 261. The van der Waals surface area contributed by atoms with Crippen LogP contribution in [0.5, 0.6) is 0 Å². The van der Waals surface area contributed by atoms with Crippen LogP contribution in [0.1, 0.15) is 10.4 Å². The molecule has 0 aliphatic heterocycles. The predicted octanol–water partition coefficient (Wildman–Crippen LogP) is 0.952. The van der Waals surface area contributed by atoms with Crippen molar-refractivity contribution in [2.75, 3.05) is 13.9 Å². The summed E-state index contributed by atoms with van der Waals surface area (Å²) in [5.74, 6) is -0.280. The topological polar surface area (TPSA) is 47.6 Å². The lowest BCUT2D eigenvalue weighted by atomic mass is 10.2. The van der Waals surface area contributed by atoms with E-state index in [0.717, 1.165) is 0 Å². The fraction of sp³-hybridized carbons (Fsp3) is 0.222. The van der Waals surface area contributed by atoms with Crippen LogP contribution >= 0.6 is 0 Å². The third-order valence-corrected chi connectivity index (χ3v) is 1.38. The number of methoxy groups -OCH3 is 1. The maximum atomic E-state index is 11.2. The summed E-state index contributed by atoms with van der Waals surface area (Å²) in [7, 11) is 1.48. The van der Waals surface area contributed by atoms with E-state index in [9.17, 15) is 4.79 Å². The zero-order valence-corrected chi connectivity index (χ0v) is 7.32. The number of nitrogens with one attached hydrogen (secondary N) is 1. The lowest BCUT2D eigenvalue weighted by Crippen LogP contribution is -2.24. The predicted molar refractivity (Wildman–Crippen MR) is 46.9 cm³/mol. The highest BCUT2D eigenvalue weighted by atomic mass is 16.8. The Balaban J connectivity index is 2.40. The van der Waals surface area contributed by atoms with Crippen LogP contribution in [0.2, 0.25) is 0 Å². The Labute approximate surface area is 76.4 Å². The molecule has 0 aromatic heterocycles. The summed E-state index contributed by atoms with van der Waals surface area (Å²) < 4.78 is 4.59. The lowest BCUT2D eigenvalue weighted by molar-refractivity contribution is -0.0704. The summed E-state index contributed by atoms with van der Waals surface area (Å²) in [5.41, 5.74) is 2.79. The summed E-state index contributed by atoms with van der Waals surface area (Å²) in [6.07, 6.45) is 0. The van der Waals surface area contributed by atoms with Crippen molar-refractivity contribution in [3.8, 4) is 0 Å². The number of hydrogen-bond acceptors (Lipinski definition) is 3. The van der Waals surface area contributed by atoms with E-state index in [1.807, 2.05) is 6.07 Å². The van der Waals surface area contributed by atoms with E-state index < -0.39 is 0 Å². The number of carbonyl (C=O) groups is 1. The van der Waals surface area contributed by atoms with Crippen molar-refractivity contribution in [3.05, 3.63) is 35.9 Å². The van der Waals surface area contributed by atoms with Crippen molar-refractivity contribution in [2.24, 2.45) is 0 Å². The molecule has 4 nitrogen and oxygen atoms in total. The van der Waals surface area contributed by atoms with Gasteiger partial charge in [-0.25, -0.2) is 10.3 Å². The van der Waals surface area contributed by atoms with Crippen LogP contribution in [0, 0.1) is 0 Å². The molecule has 1 aromatic carbocycles. The third-order valence-electron chi connectivity index (χ3n) is 1.38. The van der Waals surface area contributed by atoms with Gasteiger partial charge in [0.2, 0.25) is 0 Å². The van der Waals surface area contributed by atoms with Gasteiger partial charge in [0, 0.05) is 12.7 Å². The summed E-state index contributed by atoms with van der Waals surface area (Å²) in [5, 5.41) is 0. The second-order valence-corrected chi connectivity index (χ2v) is 2.35. The molecule has 1 rings (SSSR count). The smallest absolute Gasteiger partial charge is 0.274 e.